The zero-order valence-electron chi connectivity index (χ0n) is 20.8. The van der Waals surface area contributed by atoms with Gasteiger partial charge >= 0.3 is 0 Å². The maximum absolute atomic E-state index is 11.3. The first-order valence-electron chi connectivity index (χ1n) is 11.2. The summed E-state index contributed by atoms with van der Waals surface area (Å²) in [4.78, 5) is 23.8. The number of hydrogen-bond donors (Lipinski definition) is 1. The number of nitrogens with zero attached hydrogens (tertiary/aromatic N) is 4. The van der Waals surface area contributed by atoms with E-state index in [1.54, 1.807) is 15.5 Å². The van der Waals surface area contributed by atoms with E-state index in [0.29, 0.717) is 30.8 Å². The molecule has 0 saturated heterocycles. The average molecular weight is 640 g/mol. The monoisotopic (exact) mass is 639 g/mol. The van der Waals surface area contributed by atoms with Crippen LogP contribution in [0.25, 0.3) is 16.3 Å². The largest absolute Gasteiger partial charge is 0.748 e. The minimum atomic E-state index is -4.46. The topological polar surface area (TPSA) is 205 Å². The van der Waals surface area contributed by atoms with Gasteiger partial charge in [-0.15, -0.1) is 0 Å². The van der Waals surface area contributed by atoms with E-state index in [2.05, 4.69) is 0 Å². The van der Waals surface area contributed by atoms with Crippen molar-refractivity contribution < 1.29 is 40.4 Å². The third-order valence-corrected chi connectivity index (χ3v) is 9.44. The summed E-state index contributed by atoms with van der Waals surface area (Å²) in [5.74, 6) is -1.11. The predicted octanol–water partition coefficient (Wildman–Crippen LogP) is 2.75. The van der Waals surface area contributed by atoms with Gasteiger partial charge in [-0.25, -0.2) is 8.42 Å². The Morgan fingerprint density at radius 2 is 1.62 bits per heavy atom. The molecule has 0 atom stereocenters. The van der Waals surface area contributed by atoms with Gasteiger partial charge in [-0.2, -0.15) is 13.0 Å². The van der Waals surface area contributed by atoms with Crippen molar-refractivity contribution in [1.82, 2.24) is 0 Å². The van der Waals surface area contributed by atoms with Crippen molar-refractivity contribution in [2.75, 3.05) is 23.0 Å². The van der Waals surface area contributed by atoms with Gasteiger partial charge in [0.2, 0.25) is 5.52 Å². The molecule has 0 unspecified atom stereocenters. The van der Waals surface area contributed by atoms with Crippen LogP contribution in [0.15, 0.2) is 46.3 Å². The number of hydrogen-bond acceptors (Lipinski definition) is 12. The van der Waals surface area contributed by atoms with Crippen LogP contribution >= 0.6 is 23.1 Å². The van der Waals surface area contributed by atoms with Gasteiger partial charge < -0.3 is 9.45 Å². The van der Waals surface area contributed by atoms with Gasteiger partial charge in [0.05, 0.1) is 42.5 Å². The molecule has 2 heterocycles. The molecular formula is C21H20N4NaO10S4. The molecule has 1 aromatic heterocycles. The smallest absolute Gasteiger partial charge is 0.271 e. The molecular weight excluding hydrogens is 620 g/mol. The summed E-state index contributed by atoms with van der Waals surface area (Å²) >= 11 is 2.38. The summed E-state index contributed by atoms with van der Waals surface area (Å²) in [6, 6.07) is 8.47. The summed E-state index contributed by atoms with van der Waals surface area (Å²) in [7, 11) is -8.68. The molecule has 0 fully saturated rings. The predicted molar refractivity (Wildman–Crippen MR) is 149 cm³/mol. The van der Waals surface area contributed by atoms with Gasteiger partial charge in [0.25, 0.3) is 26.5 Å². The molecule has 40 heavy (non-hydrogen) atoms. The number of nitro benzene ring substituents is 2. The number of fused-ring (bicyclic) bond motifs is 2. The van der Waals surface area contributed by atoms with Gasteiger partial charge in [-0.3, -0.25) is 24.8 Å². The Labute approximate surface area is 258 Å². The average Bonchev–Trinajstić information content (AvgIpc) is 3.34. The fourth-order valence-electron chi connectivity index (χ4n) is 4.00. The van der Waals surface area contributed by atoms with E-state index >= 15 is 0 Å². The number of thioether (sulfide) groups is 1. The third kappa shape index (κ3) is 7.98. The summed E-state index contributed by atoms with van der Waals surface area (Å²) in [6.45, 7) is 0.262. The molecule has 19 heteroatoms. The van der Waals surface area contributed by atoms with E-state index in [-0.39, 0.29) is 66.9 Å². The number of rotatable bonds is 11. The Hall–Kier alpha value is -2.16. The minimum Gasteiger partial charge on any atom is -0.748 e. The normalized spacial score (nSPS) is 14.3. The maximum Gasteiger partial charge on any atom is 0.271 e. The van der Waals surface area contributed by atoms with Crippen molar-refractivity contribution in [3.8, 4) is 0 Å². The van der Waals surface area contributed by atoms with Crippen LogP contribution in [0.4, 0.5) is 17.1 Å². The van der Waals surface area contributed by atoms with Gasteiger partial charge in [0.1, 0.15) is 4.70 Å². The maximum atomic E-state index is 11.3. The van der Waals surface area contributed by atoms with Crippen molar-refractivity contribution in [1.29, 1.82) is 0 Å². The zero-order chi connectivity index (χ0) is 28.5. The summed E-state index contributed by atoms with van der Waals surface area (Å²) in [5.41, 5.74) is 0.894. The molecule has 14 nitrogen and oxygen atoms in total. The second-order valence-corrected chi connectivity index (χ2v) is 13.6. The number of benzene rings is 2. The number of thiazole rings is 1. The second kappa shape index (κ2) is 12.8. The fraction of sp³-hybridized carbons (Fsp3) is 0.286. The molecule has 1 aliphatic heterocycles. The number of aromatic nitrogens is 1. The van der Waals surface area contributed by atoms with Crippen molar-refractivity contribution in [3.05, 3.63) is 66.7 Å². The second-order valence-electron chi connectivity index (χ2n) is 8.40. The Kier molecular flexibility index (Phi) is 10.3. The number of nitro groups is 2. The van der Waals surface area contributed by atoms with E-state index in [0.717, 1.165) is 0 Å². The van der Waals surface area contributed by atoms with Crippen LogP contribution < -0.4 is 9.47 Å². The third-order valence-electron chi connectivity index (χ3n) is 5.66. The molecule has 0 spiro atoms. The fourth-order valence-corrected chi connectivity index (χ4v) is 7.37. The standard InChI is InChI=1S/C21H20N4O10S4.Na/c26-24(27)14-3-5-16-18(11-14)36-20(22(16)7-1-9-38(30,31)32)13-21-23(8-2-10-39(33,34)35)17-6-4-15(25(28)29)12-19(17)37-21;/h3-6,11-13H,1-2,7-10H2,(H-,30,31,32,33,34,35);. The van der Waals surface area contributed by atoms with Crippen LogP contribution in [-0.2, 0) is 26.8 Å². The molecule has 0 aliphatic carbocycles. The van der Waals surface area contributed by atoms with Crippen LogP contribution in [0.3, 0.4) is 0 Å². The molecule has 1 aliphatic rings. The Morgan fingerprint density at radius 1 is 0.975 bits per heavy atom. The molecule has 209 valence electrons. The van der Waals surface area contributed by atoms with Crippen molar-refractivity contribution >= 4 is 106 Å². The molecule has 0 saturated carbocycles. The van der Waals surface area contributed by atoms with E-state index in [1.807, 2.05) is 0 Å². The number of anilines is 1. The van der Waals surface area contributed by atoms with Crippen molar-refractivity contribution in [3.63, 3.8) is 0 Å². The number of aryl methyl sites for hydroxylation is 1. The van der Waals surface area contributed by atoms with E-state index in [9.17, 15) is 41.6 Å². The molecule has 3 aromatic rings. The first-order chi connectivity index (χ1) is 18.2. The van der Waals surface area contributed by atoms with E-state index in [4.69, 9.17) is 4.55 Å². The van der Waals surface area contributed by atoms with E-state index < -0.39 is 41.6 Å². The molecule has 1 N–H and O–H groups in total. The summed E-state index contributed by atoms with van der Waals surface area (Å²) in [5, 5.41) is 23.7. The van der Waals surface area contributed by atoms with Crippen LogP contribution in [0.1, 0.15) is 17.8 Å². The van der Waals surface area contributed by atoms with Crippen LogP contribution in [0, 0.1) is 20.2 Å². The quantitative estimate of drug-likeness (QED) is 0.106. The molecule has 2 aromatic carbocycles. The first-order valence-corrected chi connectivity index (χ1v) is 16.0. The van der Waals surface area contributed by atoms with Crippen LogP contribution in [-0.4, -0.2) is 83.4 Å². The summed E-state index contributed by atoms with van der Waals surface area (Å²) < 4.78 is 67.4. The Balaban J connectivity index is 0.00000441. The van der Waals surface area contributed by atoms with Crippen LogP contribution in [0.5, 0.6) is 0 Å². The minimum absolute atomic E-state index is 0. The Morgan fingerprint density at radius 3 is 2.25 bits per heavy atom. The molecule has 1 radical (unpaired) electrons. The van der Waals surface area contributed by atoms with Gasteiger partial charge in [0.15, 0.2) is 6.54 Å². The first kappa shape index (κ1) is 32.4. The zero-order valence-corrected chi connectivity index (χ0v) is 26.1. The number of non-ortho nitro benzene ring substituents is 2. The molecule has 0 amide bonds. The SMILES string of the molecule is O=[N+]([O-])c1ccc2c(c1)SC(=Cc1sc3cc([N+](=O)[O-])ccc3[n+]1CCCS(=O)(=O)[O-])N2CCCS(=O)(=O)O.[Na]. The van der Waals surface area contributed by atoms with Gasteiger partial charge in [-0.1, -0.05) is 23.1 Å². The van der Waals surface area contributed by atoms with Crippen LogP contribution in [0.2, 0.25) is 0 Å². The van der Waals surface area contributed by atoms with Crippen molar-refractivity contribution in [2.24, 2.45) is 0 Å². The van der Waals surface area contributed by atoms with Gasteiger partial charge in [-0.05, 0) is 12.5 Å². The van der Waals surface area contributed by atoms with E-state index in [1.165, 1.54) is 59.5 Å². The Bertz CT molecular complexity index is 1720. The molecule has 4 rings (SSSR count). The molecule has 0 bridgehead atoms. The van der Waals surface area contributed by atoms with Gasteiger partial charge in [0, 0.05) is 83.5 Å². The van der Waals surface area contributed by atoms with Crippen molar-refractivity contribution in [2.45, 2.75) is 24.3 Å². The summed E-state index contributed by atoms with van der Waals surface area (Å²) in [6.07, 6.45) is 1.76.